The molecule has 3 amide bonds. The SMILES string of the molecule is CC(C)C[C@H](NC(=O)c1ccc2ccccc2c1)C(=O)NCC(=O)CNC(=O)Cc1cccc(-c2ccccn2)c1. The number of aromatic nitrogens is 1. The molecule has 1 aromatic heterocycles. The van der Waals surface area contributed by atoms with Gasteiger partial charge in [0.1, 0.15) is 6.04 Å². The number of rotatable bonds is 12. The van der Waals surface area contributed by atoms with Crippen LogP contribution in [0, 0.1) is 5.92 Å². The fourth-order valence-corrected chi connectivity index (χ4v) is 4.47. The Morgan fingerprint density at radius 3 is 2.29 bits per heavy atom. The largest absolute Gasteiger partial charge is 0.349 e. The second kappa shape index (κ2) is 14.0. The predicted octanol–water partition coefficient (Wildman–Crippen LogP) is 4.09. The summed E-state index contributed by atoms with van der Waals surface area (Å²) in [5.41, 5.74) is 2.96. The number of nitrogens with one attached hydrogen (secondary N) is 3. The highest BCUT2D eigenvalue weighted by atomic mass is 16.2. The van der Waals surface area contributed by atoms with Crippen molar-refractivity contribution in [2.24, 2.45) is 5.92 Å². The van der Waals surface area contributed by atoms with Crippen LogP contribution in [0.5, 0.6) is 0 Å². The molecule has 0 aliphatic carbocycles. The van der Waals surface area contributed by atoms with E-state index in [0.717, 1.165) is 27.6 Å². The lowest BCUT2D eigenvalue weighted by Gasteiger charge is -2.20. The first-order valence-corrected chi connectivity index (χ1v) is 13.6. The number of nitrogens with zero attached hydrogens (tertiary/aromatic N) is 1. The normalized spacial score (nSPS) is 11.6. The molecule has 3 aromatic carbocycles. The van der Waals surface area contributed by atoms with Crippen LogP contribution < -0.4 is 16.0 Å². The first kappa shape index (κ1) is 29.1. The van der Waals surface area contributed by atoms with E-state index in [1.165, 1.54) is 0 Å². The van der Waals surface area contributed by atoms with E-state index in [9.17, 15) is 19.2 Å². The van der Waals surface area contributed by atoms with Crippen molar-refractivity contribution in [1.82, 2.24) is 20.9 Å². The van der Waals surface area contributed by atoms with Crippen LogP contribution in [0.15, 0.2) is 91.1 Å². The summed E-state index contributed by atoms with van der Waals surface area (Å²) in [6, 6.07) is 25.5. The number of carbonyl (C=O) groups is 4. The van der Waals surface area contributed by atoms with Crippen molar-refractivity contribution in [2.45, 2.75) is 32.7 Å². The van der Waals surface area contributed by atoms with E-state index < -0.39 is 11.9 Å². The first-order valence-electron chi connectivity index (χ1n) is 13.6. The third-order valence-electron chi connectivity index (χ3n) is 6.54. The van der Waals surface area contributed by atoms with Crippen LogP contribution in [0.1, 0.15) is 36.2 Å². The van der Waals surface area contributed by atoms with Gasteiger partial charge in [0, 0.05) is 17.3 Å². The molecule has 0 saturated heterocycles. The summed E-state index contributed by atoms with van der Waals surface area (Å²) in [5.74, 6) is -1.32. The molecule has 1 atom stereocenters. The summed E-state index contributed by atoms with van der Waals surface area (Å²) in [4.78, 5) is 55.1. The highest BCUT2D eigenvalue weighted by molar-refractivity contribution is 6.01. The zero-order valence-electron chi connectivity index (χ0n) is 23.2. The van der Waals surface area contributed by atoms with Gasteiger partial charge in [-0.1, -0.05) is 68.4 Å². The smallest absolute Gasteiger partial charge is 0.251 e. The van der Waals surface area contributed by atoms with Crippen molar-refractivity contribution in [3.05, 3.63) is 102 Å². The minimum atomic E-state index is -0.803. The van der Waals surface area contributed by atoms with Crippen molar-refractivity contribution in [3.63, 3.8) is 0 Å². The van der Waals surface area contributed by atoms with Gasteiger partial charge in [0.05, 0.1) is 25.2 Å². The number of fused-ring (bicyclic) bond motifs is 1. The topological polar surface area (TPSA) is 117 Å². The number of hydrogen-bond donors (Lipinski definition) is 3. The number of Topliss-reactive ketones (excluding diaryl/α,β-unsaturated/α-hetero) is 1. The molecule has 0 aliphatic heterocycles. The van der Waals surface area contributed by atoms with Crippen LogP contribution in [-0.2, 0) is 20.8 Å². The molecule has 0 aliphatic rings. The lowest BCUT2D eigenvalue weighted by Crippen LogP contribution is -2.49. The minimum absolute atomic E-state index is 0.109. The Morgan fingerprint density at radius 1 is 0.780 bits per heavy atom. The Morgan fingerprint density at radius 2 is 1.54 bits per heavy atom. The van der Waals surface area contributed by atoms with Crippen LogP contribution >= 0.6 is 0 Å². The Bertz CT molecular complexity index is 1530. The van der Waals surface area contributed by atoms with Crippen LogP contribution in [0.4, 0.5) is 0 Å². The number of amides is 3. The number of benzene rings is 3. The summed E-state index contributed by atoms with van der Waals surface area (Å²) < 4.78 is 0. The van der Waals surface area contributed by atoms with Crippen LogP contribution in [-0.4, -0.2) is 47.6 Å². The molecule has 8 heteroatoms. The van der Waals surface area contributed by atoms with Crippen LogP contribution in [0.2, 0.25) is 0 Å². The van der Waals surface area contributed by atoms with Gasteiger partial charge in [0.25, 0.3) is 5.91 Å². The molecule has 0 bridgehead atoms. The van der Waals surface area contributed by atoms with Gasteiger partial charge >= 0.3 is 0 Å². The lowest BCUT2D eigenvalue weighted by molar-refractivity contribution is -0.127. The van der Waals surface area contributed by atoms with Gasteiger partial charge in [-0.3, -0.25) is 24.2 Å². The standard InChI is InChI=1S/C33H34N4O4/c1-22(2)16-30(37-32(40)27-14-13-24-9-3-4-10-25(24)19-27)33(41)36-21-28(38)20-35-31(39)18-23-8-7-11-26(17-23)29-12-5-6-15-34-29/h3-15,17,19,22,30H,16,18,20-21H2,1-2H3,(H,35,39)(H,36,41)(H,37,40)/t30-/m0/s1. The summed E-state index contributed by atoms with van der Waals surface area (Å²) in [7, 11) is 0. The second-order valence-corrected chi connectivity index (χ2v) is 10.3. The van der Waals surface area contributed by atoms with Gasteiger partial charge in [0.15, 0.2) is 5.78 Å². The number of pyridine rings is 1. The minimum Gasteiger partial charge on any atom is -0.349 e. The molecule has 1 heterocycles. The highest BCUT2D eigenvalue weighted by Crippen LogP contribution is 2.18. The first-order chi connectivity index (χ1) is 19.8. The molecule has 0 saturated carbocycles. The Kier molecular flexibility index (Phi) is 9.94. The lowest BCUT2D eigenvalue weighted by atomic mass is 10.0. The molecular formula is C33H34N4O4. The van der Waals surface area contributed by atoms with Crippen molar-refractivity contribution in [2.75, 3.05) is 13.1 Å². The van der Waals surface area contributed by atoms with Gasteiger partial charge < -0.3 is 16.0 Å². The molecule has 4 rings (SSSR count). The Balaban J connectivity index is 1.26. The summed E-state index contributed by atoms with van der Waals surface area (Å²) in [6.45, 7) is 3.44. The second-order valence-electron chi connectivity index (χ2n) is 10.3. The highest BCUT2D eigenvalue weighted by Gasteiger charge is 2.23. The van der Waals surface area contributed by atoms with E-state index in [4.69, 9.17) is 0 Å². The van der Waals surface area contributed by atoms with Crippen molar-refractivity contribution in [1.29, 1.82) is 0 Å². The van der Waals surface area contributed by atoms with E-state index in [1.807, 2.05) is 86.6 Å². The Hall–Kier alpha value is -4.85. The van der Waals surface area contributed by atoms with E-state index in [1.54, 1.807) is 18.3 Å². The molecule has 3 N–H and O–H groups in total. The zero-order valence-corrected chi connectivity index (χ0v) is 23.2. The Labute approximate surface area is 239 Å². The molecule has 8 nitrogen and oxygen atoms in total. The maximum absolute atomic E-state index is 12.9. The fourth-order valence-electron chi connectivity index (χ4n) is 4.47. The van der Waals surface area contributed by atoms with Gasteiger partial charge in [-0.25, -0.2) is 0 Å². The zero-order chi connectivity index (χ0) is 29.2. The molecule has 4 aromatic rings. The van der Waals surface area contributed by atoms with Crippen LogP contribution in [0.3, 0.4) is 0 Å². The molecule has 41 heavy (non-hydrogen) atoms. The van der Waals surface area contributed by atoms with E-state index in [0.29, 0.717) is 12.0 Å². The molecule has 0 spiro atoms. The molecule has 210 valence electrons. The third-order valence-corrected chi connectivity index (χ3v) is 6.54. The van der Waals surface area contributed by atoms with Gasteiger partial charge in [0.2, 0.25) is 11.8 Å². The summed E-state index contributed by atoms with van der Waals surface area (Å²) in [6.07, 6.45) is 2.23. The van der Waals surface area contributed by atoms with Gasteiger partial charge in [-0.15, -0.1) is 0 Å². The number of hydrogen-bond acceptors (Lipinski definition) is 5. The number of carbonyl (C=O) groups excluding carboxylic acids is 4. The fraction of sp³-hybridized carbons (Fsp3) is 0.242. The van der Waals surface area contributed by atoms with Crippen molar-refractivity contribution < 1.29 is 19.2 Å². The molecular weight excluding hydrogens is 516 g/mol. The summed E-state index contributed by atoms with van der Waals surface area (Å²) >= 11 is 0. The maximum Gasteiger partial charge on any atom is 0.251 e. The van der Waals surface area contributed by atoms with E-state index >= 15 is 0 Å². The molecule has 0 radical (unpaired) electrons. The number of ketones is 1. The molecule has 0 fully saturated rings. The van der Waals surface area contributed by atoms with Crippen LogP contribution in [0.25, 0.3) is 22.0 Å². The average molecular weight is 551 g/mol. The molecule has 0 unspecified atom stereocenters. The average Bonchev–Trinajstić information content (AvgIpc) is 2.98. The predicted molar refractivity (Wildman–Crippen MR) is 159 cm³/mol. The van der Waals surface area contributed by atoms with E-state index in [-0.39, 0.29) is 43.0 Å². The van der Waals surface area contributed by atoms with E-state index in [2.05, 4.69) is 20.9 Å². The van der Waals surface area contributed by atoms with Crippen molar-refractivity contribution >= 4 is 34.3 Å². The van der Waals surface area contributed by atoms with Gasteiger partial charge in [-0.05, 0) is 59.0 Å². The maximum atomic E-state index is 12.9. The monoisotopic (exact) mass is 550 g/mol. The van der Waals surface area contributed by atoms with Crippen molar-refractivity contribution in [3.8, 4) is 11.3 Å². The quantitative estimate of drug-likeness (QED) is 0.246. The summed E-state index contributed by atoms with van der Waals surface area (Å²) in [5, 5.41) is 9.99. The van der Waals surface area contributed by atoms with Gasteiger partial charge in [-0.2, -0.15) is 0 Å². The third kappa shape index (κ3) is 8.57.